The lowest BCUT2D eigenvalue weighted by molar-refractivity contribution is 0.796. The zero-order valence-corrected chi connectivity index (χ0v) is 17.5. The second kappa shape index (κ2) is 7.85. The van der Waals surface area contributed by atoms with Crippen LogP contribution >= 0.6 is 11.3 Å². The van der Waals surface area contributed by atoms with Crippen molar-refractivity contribution in [2.75, 3.05) is 0 Å². The molecule has 1 heterocycles. The first-order valence-electron chi connectivity index (χ1n) is 10.4. The van der Waals surface area contributed by atoms with Gasteiger partial charge in [0, 0.05) is 9.58 Å². The van der Waals surface area contributed by atoms with Gasteiger partial charge in [0.2, 0.25) is 0 Å². The van der Waals surface area contributed by atoms with E-state index < -0.39 is 0 Å². The second-order valence-corrected chi connectivity index (χ2v) is 8.84. The van der Waals surface area contributed by atoms with Crippen LogP contribution in [0.4, 0.5) is 0 Å². The molecule has 0 saturated carbocycles. The molecule has 4 aromatic carbocycles. The van der Waals surface area contributed by atoms with Crippen molar-refractivity contribution in [3.8, 4) is 0 Å². The summed E-state index contributed by atoms with van der Waals surface area (Å²) in [7, 11) is 0. The highest BCUT2D eigenvalue weighted by atomic mass is 32.1. The Hall–Kier alpha value is -2.90. The zero-order chi connectivity index (χ0) is 19.6. The van der Waals surface area contributed by atoms with Crippen LogP contribution in [0, 0.1) is 0 Å². The van der Waals surface area contributed by atoms with E-state index >= 15 is 0 Å². The normalized spacial score (nSPS) is 11.9. The van der Waals surface area contributed by atoms with Crippen LogP contribution in [-0.4, -0.2) is 0 Å². The molecule has 0 N–H and O–H groups in total. The van der Waals surface area contributed by atoms with Gasteiger partial charge in [-0.25, -0.2) is 0 Å². The van der Waals surface area contributed by atoms with Crippen LogP contribution in [0.5, 0.6) is 0 Å². The molecule has 5 aromatic rings. The fourth-order valence-electron chi connectivity index (χ4n) is 4.04. The van der Waals surface area contributed by atoms with Crippen molar-refractivity contribution in [2.45, 2.75) is 26.2 Å². The van der Waals surface area contributed by atoms with Crippen LogP contribution < -0.4 is 0 Å². The Morgan fingerprint density at radius 3 is 2.41 bits per heavy atom. The number of rotatable bonds is 5. The van der Waals surface area contributed by atoms with Crippen molar-refractivity contribution in [3.63, 3.8) is 0 Å². The van der Waals surface area contributed by atoms with E-state index in [-0.39, 0.29) is 0 Å². The van der Waals surface area contributed by atoms with Crippen molar-refractivity contribution in [2.24, 2.45) is 0 Å². The minimum absolute atomic E-state index is 1.17. The maximum Gasteiger partial charge on any atom is 0.0355 e. The first-order valence-corrected chi connectivity index (χ1v) is 11.2. The first-order chi connectivity index (χ1) is 14.3. The number of thiophene rings is 1. The SMILES string of the molecule is CCCCc1ccc2c(/C=C/c3cc4cc5ccccc5cc4s3)cccc2c1. The summed E-state index contributed by atoms with van der Waals surface area (Å²) in [4.78, 5) is 1.30. The van der Waals surface area contributed by atoms with E-state index in [1.54, 1.807) is 0 Å². The van der Waals surface area contributed by atoms with Gasteiger partial charge < -0.3 is 0 Å². The average Bonchev–Trinajstić information content (AvgIpc) is 3.15. The van der Waals surface area contributed by atoms with Gasteiger partial charge in [-0.3, -0.25) is 0 Å². The predicted octanol–water partition coefficient (Wildman–Crippen LogP) is 8.72. The van der Waals surface area contributed by atoms with Crippen molar-refractivity contribution in [1.82, 2.24) is 0 Å². The monoisotopic (exact) mass is 392 g/mol. The summed E-state index contributed by atoms with van der Waals surface area (Å²) >= 11 is 1.86. The maximum atomic E-state index is 2.35. The summed E-state index contributed by atoms with van der Waals surface area (Å²) in [5.74, 6) is 0. The molecule has 0 unspecified atom stereocenters. The molecule has 0 spiro atoms. The minimum Gasteiger partial charge on any atom is -0.136 e. The Morgan fingerprint density at radius 2 is 1.55 bits per heavy atom. The Morgan fingerprint density at radius 1 is 0.724 bits per heavy atom. The highest BCUT2D eigenvalue weighted by Crippen LogP contribution is 2.31. The molecule has 0 aliphatic rings. The first kappa shape index (κ1) is 18.1. The van der Waals surface area contributed by atoms with E-state index in [9.17, 15) is 0 Å². The topological polar surface area (TPSA) is 0 Å². The summed E-state index contributed by atoms with van der Waals surface area (Å²) in [6, 6.07) is 29.1. The number of aryl methyl sites for hydroxylation is 1. The molecule has 0 saturated heterocycles. The molecular weight excluding hydrogens is 368 g/mol. The molecule has 1 aromatic heterocycles. The van der Waals surface area contributed by atoms with Gasteiger partial charge in [0.25, 0.3) is 0 Å². The molecule has 0 fully saturated rings. The van der Waals surface area contributed by atoms with Crippen LogP contribution in [0.1, 0.15) is 35.8 Å². The summed E-state index contributed by atoms with van der Waals surface area (Å²) in [6.45, 7) is 2.25. The van der Waals surface area contributed by atoms with Gasteiger partial charge in [0.05, 0.1) is 0 Å². The van der Waals surface area contributed by atoms with E-state index in [1.807, 2.05) is 11.3 Å². The fraction of sp³-hybridized carbons (Fsp3) is 0.143. The molecule has 0 aliphatic heterocycles. The quantitative estimate of drug-likeness (QED) is 0.280. The average molecular weight is 393 g/mol. The van der Waals surface area contributed by atoms with E-state index in [0.717, 1.165) is 0 Å². The molecule has 0 nitrogen and oxygen atoms in total. The molecule has 0 radical (unpaired) electrons. The number of fused-ring (bicyclic) bond motifs is 3. The van der Waals surface area contributed by atoms with Crippen molar-refractivity contribution >= 4 is 55.1 Å². The molecular formula is C28H24S. The van der Waals surface area contributed by atoms with Gasteiger partial charge >= 0.3 is 0 Å². The van der Waals surface area contributed by atoms with Gasteiger partial charge in [-0.2, -0.15) is 0 Å². The molecule has 0 amide bonds. The van der Waals surface area contributed by atoms with Crippen LogP contribution in [0.25, 0.3) is 43.8 Å². The Labute approximate surface area is 176 Å². The number of hydrogen-bond acceptors (Lipinski definition) is 1. The lowest BCUT2D eigenvalue weighted by Gasteiger charge is -2.06. The van der Waals surface area contributed by atoms with Crippen LogP contribution in [0.2, 0.25) is 0 Å². The summed E-state index contributed by atoms with van der Waals surface area (Å²) < 4.78 is 1.35. The molecule has 142 valence electrons. The Bertz CT molecular complexity index is 1280. The van der Waals surface area contributed by atoms with Crippen LogP contribution in [0.15, 0.2) is 78.9 Å². The number of hydrogen-bond donors (Lipinski definition) is 0. The van der Waals surface area contributed by atoms with Gasteiger partial charge in [-0.1, -0.05) is 80.1 Å². The molecule has 5 rings (SSSR count). The zero-order valence-electron chi connectivity index (χ0n) is 16.7. The largest absolute Gasteiger partial charge is 0.136 e. The third kappa shape index (κ3) is 3.71. The molecule has 29 heavy (non-hydrogen) atoms. The smallest absolute Gasteiger partial charge is 0.0355 e. The summed E-state index contributed by atoms with van der Waals surface area (Å²) in [5.41, 5.74) is 2.73. The summed E-state index contributed by atoms with van der Waals surface area (Å²) in [5, 5.41) is 6.61. The molecule has 0 bridgehead atoms. The summed E-state index contributed by atoms with van der Waals surface area (Å²) in [6.07, 6.45) is 8.19. The standard InChI is InChI=1S/C28H24S/c1-2-3-7-20-12-15-27-21(10-6-11-24(27)16-20)13-14-26-18-25-17-22-8-4-5-9-23(22)19-28(25)29-26/h4-6,8-19H,2-3,7H2,1H3/b14-13+. The maximum absolute atomic E-state index is 2.35. The number of unbranched alkanes of at least 4 members (excludes halogenated alkanes) is 1. The minimum atomic E-state index is 1.17. The fourth-order valence-corrected chi connectivity index (χ4v) is 5.04. The highest BCUT2D eigenvalue weighted by molar-refractivity contribution is 7.20. The van der Waals surface area contributed by atoms with Gasteiger partial charge in [-0.05, 0) is 75.2 Å². The molecule has 0 aliphatic carbocycles. The van der Waals surface area contributed by atoms with Gasteiger partial charge in [0.15, 0.2) is 0 Å². The lowest BCUT2D eigenvalue weighted by atomic mass is 9.99. The molecule has 0 atom stereocenters. The van der Waals surface area contributed by atoms with Gasteiger partial charge in [0.1, 0.15) is 0 Å². The van der Waals surface area contributed by atoms with Crippen molar-refractivity contribution in [1.29, 1.82) is 0 Å². The van der Waals surface area contributed by atoms with Crippen LogP contribution in [0.3, 0.4) is 0 Å². The Kier molecular flexibility index (Phi) is 4.91. The lowest BCUT2D eigenvalue weighted by Crippen LogP contribution is -1.86. The van der Waals surface area contributed by atoms with Gasteiger partial charge in [-0.15, -0.1) is 11.3 Å². The van der Waals surface area contributed by atoms with Crippen LogP contribution in [-0.2, 0) is 6.42 Å². The van der Waals surface area contributed by atoms with Crippen molar-refractivity contribution in [3.05, 3.63) is 94.9 Å². The Balaban J connectivity index is 1.49. The third-order valence-corrected chi connectivity index (χ3v) is 6.69. The van der Waals surface area contributed by atoms with E-state index in [0.29, 0.717) is 0 Å². The van der Waals surface area contributed by atoms with E-state index in [1.165, 1.54) is 66.9 Å². The van der Waals surface area contributed by atoms with E-state index in [4.69, 9.17) is 0 Å². The third-order valence-electron chi connectivity index (χ3n) is 5.63. The number of benzene rings is 4. The van der Waals surface area contributed by atoms with E-state index in [2.05, 4.69) is 97.9 Å². The predicted molar refractivity (Wildman–Crippen MR) is 131 cm³/mol. The van der Waals surface area contributed by atoms with Crippen molar-refractivity contribution < 1.29 is 0 Å². The molecule has 1 heteroatoms. The second-order valence-electron chi connectivity index (χ2n) is 7.73. The highest BCUT2D eigenvalue weighted by Gasteiger charge is 2.03.